The number of thioether (sulfide) groups is 1. The topological polar surface area (TPSA) is 44.5 Å². The van der Waals surface area contributed by atoms with E-state index in [9.17, 15) is 0 Å². The van der Waals surface area contributed by atoms with Gasteiger partial charge in [0.25, 0.3) is 0 Å². The van der Waals surface area contributed by atoms with Gasteiger partial charge in [-0.25, -0.2) is 0 Å². The van der Waals surface area contributed by atoms with Gasteiger partial charge in [0, 0.05) is 10.6 Å². The van der Waals surface area contributed by atoms with Crippen LogP contribution >= 0.6 is 11.8 Å². The highest BCUT2D eigenvalue weighted by Crippen LogP contribution is 2.26. The Kier molecular flexibility index (Phi) is 4.98. The highest BCUT2D eigenvalue weighted by molar-refractivity contribution is 7.98. The van der Waals surface area contributed by atoms with Crippen LogP contribution in [0.3, 0.4) is 0 Å². The highest BCUT2D eigenvalue weighted by Gasteiger charge is 2.01. The average molecular weight is 275 g/mol. The molecule has 0 saturated carbocycles. The lowest BCUT2D eigenvalue weighted by Gasteiger charge is -2.10. The summed E-state index contributed by atoms with van der Waals surface area (Å²) in [5.41, 5.74) is 6.34. The molecule has 2 N–H and O–H groups in total. The van der Waals surface area contributed by atoms with Gasteiger partial charge < -0.3 is 15.2 Å². The lowest BCUT2D eigenvalue weighted by Crippen LogP contribution is -2.09. The monoisotopic (exact) mass is 275 g/mol. The van der Waals surface area contributed by atoms with Gasteiger partial charge in [-0.15, -0.1) is 11.8 Å². The largest absolute Gasteiger partial charge is 0.490 e. The minimum absolute atomic E-state index is 0.507. The molecule has 2 rings (SSSR count). The van der Waals surface area contributed by atoms with E-state index in [-0.39, 0.29) is 0 Å². The Morgan fingerprint density at radius 1 is 0.947 bits per heavy atom. The lowest BCUT2D eigenvalue weighted by molar-refractivity contribution is 0.214. The molecule has 2 aromatic carbocycles. The number of para-hydroxylation sites is 1. The molecule has 0 bridgehead atoms. The Balaban J connectivity index is 1.79. The maximum absolute atomic E-state index is 5.70. The van der Waals surface area contributed by atoms with E-state index >= 15 is 0 Å². The number of nitrogen functional groups attached to an aromatic ring is 1. The van der Waals surface area contributed by atoms with Crippen LogP contribution < -0.4 is 15.2 Å². The van der Waals surface area contributed by atoms with Crippen LogP contribution in [-0.2, 0) is 0 Å². The van der Waals surface area contributed by atoms with E-state index in [0.29, 0.717) is 13.2 Å². The number of hydrogen-bond donors (Lipinski definition) is 1. The van der Waals surface area contributed by atoms with Gasteiger partial charge in [0.15, 0.2) is 0 Å². The fraction of sp³-hybridized carbons (Fsp3) is 0.200. The number of ether oxygens (including phenoxy) is 2. The molecule has 0 spiro atoms. The van der Waals surface area contributed by atoms with Gasteiger partial charge in [0.05, 0.1) is 0 Å². The lowest BCUT2D eigenvalue weighted by atomic mass is 10.3. The molecule has 0 heterocycles. The minimum Gasteiger partial charge on any atom is -0.490 e. The van der Waals surface area contributed by atoms with Gasteiger partial charge in [0.2, 0.25) is 0 Å². The maximum Gasteiger partial charge on any atom is 0.133 e. The van der Waals surface area contributed by atoms with Gasteiger partial charge in [-0.05, 0) is 42.7 Å². The summed E-state index contributed by atoms with van der Waals surface area (Å²) in [4.78, 5) is 1.13. The Morgan fingerprint density at radius 2 is 1.63 bits per heavy atom. The summed E-state index contributed by atoms with van der Waals surface area (Å²) in [5, 5.41) is 0. The second kappa shape index (κ2) is 6.95. The summed E-state index contributed by atoms with van der Waals surface area (Å²) < 4.78 is 11.3. The van der Waals surface area contributed by atoms with Crippen molar-refractivity contribution in [1.29, 1.82) is 0 Å². The predicted octanol–water partition coefficient (Wildman–Crippen LogP) is 3.45. The summed E-state index contributed by atoms with van der Waals surface area (Å²) in [6.07, 6.45) is 2.03. The van der Waals surface area contributed by atoms with Crippen molar-refractivity contribution in [1.82, 2.24) is 0 Å². The zero-order valence-electron chi connectivity index (χ0n) is 10.8. The first kappa shape index (κ1) is 13.6. The van der Waals surface area contributed by atoms with E-state index in [1.165, 1.54) is 0 Å². The summed E-state index contributed by atoms with van der Waals surface area (Å²) in [7, 11) is 0. The number of anilines is 1. The summed E-state index contributed by atoms with van der Waals surface area (Å²) >= 11 is 1.67. The molecular weight excluding hydrogens is 258 g/mol. The third kappa shape index (κ3) is 4.10. The zero-order chi connectivity index (χ0) is 13.5. The second-order valence-corrected chi connectivity index (χ2v) is 4.76. The van der Waals surface area contributed by atoms with Crippen molar-refractivity contribution in [2.75, 3.05) is 25.2 Å². The molecule has 0 atom stereocenters. The SMILES string of the molecule is CSc1ccccc1OCCOc1ccc(N)cc1. The van der Waals surface area contributed by atoms with Crippen LogP contribution in [0.5, 0.6) is 11.5 Å². The molecule has 0 aliphatic rings. The summed E-state index contributed by atoms with van der Waals surface area (Å²) in [6, 6.07) is 15.3. The fourth-order valence-corrected chi connectivity index (χ4v) is 2.16. The molecular formula is C15H17NO2S. The normalized spacial score (nSPS) is 10.2. The number of hydrogen-bond acceptors (Lipinski definition) is 4. The quantitative estimate of drug-likeness (QED) is 0.498. The minimum atomic E-state index is 0.507. The molecule has 0 amide bonds. The molecule has 0 aliphatic carbocycles. The average Bonchev–Trinajstić information content (AvgIpc) is 2.46. The molecule has 0 aromatic heterocycles. The first-order valence-corrected chi connectivity index (χ1v) is 7.26. The smallest absolute Gasteiger partial charge is 0.133 e. The number of benzene rings is 2. The van der Waals surface area contributed by atoms with Crippen LogP contribution in [0.15, 0.2) is 53.4 Å². The van der Waals surface area contributed by atoms with Crippen molar-refractivity contribution in [3.63, 3.8) is 0 Å². The van der Waals surface area contributed by atoms with Gasteiger partial charge >= 0.3 is 0 Å². The summed E-state index contributed by atoms with van der Waals surface area (Å²) in [6.45, 7) is 1.02. The molecule has 0 fully saturated rings. The second-order valence-electron chi connectivity index (χ2n) is 3.92. The summed E-state index contributed by atoms with van der Waals surface area (Å²) in [5.74, 6) is 1.70. The Bertz CT molecular complexity index is 514. The van der Waals surface area contributed by atoms with E-state index in [1.807, 2.05) is 54.8 Å². The van der Waals surface area contributed by atoms with E-state index in [1.54, 1.807) is 11.8 Å². The van der Waals surface area contributed by atoms with Crippen LogP contribution in [0, 0.1) is 0 Å². The van der Waals surface area contributed by atoms with E-state index in [2.05, 4.69) is 0 Å². The molecule has 3 nitrogen and oxygen atoms in total. The Hall–Kier alpha value is -1.81. The predicted molar refractivity (Wildman–Crippen MR) is 80.1 cm³/mol. The van der Waals surface area contributed by atoms with Crippen molar-refractivity contribution in [3.8, 4) is 11.5 Å². The molecule has 0 unspecified atom stereocenters. The van der Waals surface area contributed by atoms with Crippen LogP contribution in [0.1, 0.15) is 0 Å². The van der Waals surface area contributed by atoms with Gasteiger partial charge in [-0.3, -0.25) is 0 Å². The Labute approximate surface area is 117 Å². The maximum atomic E-state index is 5.70. The van der Waals surface area contributed by atoms with Crippen molar-refractivity contribution in [3.05, 3.63) is 48.5 Å². The third-order valence-electron chi connectivity index (χ3n) is 2.56. The fourth-order valence-electron chi connectivity index (χ4n) is 1.61. The van der Waals surface area contributed by atoms with E-state index in [4.69, 9.17) is 15.2 Å². The van der Waals surface area contributed by atoms with Crippen molar-refractivity contribution in [2.24, 2.45) is 0 Å². The van der Waals surface area contributed by atoms with Crippen LogP contribution in [0.2, 0.25) is 0 Å². The van der Waals surface area contributed by atoms with Crippen LogP contribution in [0.25, 0.3) is 0 Å². The third-order valence-corrected chi connectivity index (χ3v) is 3.34. The number of nitrogens with two attached hydrogens (primary N) is 1. The zero-order valence-corrected chi connectivity index (χ0v) is 11.7. The van der Waals surface area contributed by atoms with Crippen molar-refractivity contribution < 1.29 is 9.47 Å². The first-order chi connectivity index (χ1) is 9.29. The number of rotatable bonds is 6. The van der Waals surface area contributed by atoms with Crippen LogP contribution in [-0.4, -0.2) is 19.5 Å². The highest BCUT2D eigenvalue weighted by atomic mass is 32.2. The molecule has 4 heteroatoms. The molecule has 0 saturated heterocycles. The van der Waals surface area contributed by atoms with E-state index in [0.717, 1.165) is 22.1 Å². The van der Waals surface area contributed by atoms with Crippen LogP contribution in [0.4, 0.5) is 5.69 Å². The standard InChI is InChI=1S/C15H17NO2S/c1-19-15-5-3-2-4-14(15)18-11-10-17-13-8-6-12(16)7-9-13/h2-9H,10-11,16H2,1H3. The van der Waals surface area contributed by atoms with E-state index < -0.39 is 0 Å². The molecule has 0 radical (unpaired) electrons. The van der Waals surface area contributed by atoms with Gasteiger partial charge in [-0.2, -0.15) is 0 Å². The van der Waals surface area contributed by atoms with Gasteiger partial charge in [-0.1, -0.05) is 12.1 Å². The first-order valence-electron chi connectivity index (χ1n) is 6.04. The van der Waals surface area contributed by atoms with Crippen molar-refractivity contribution in [2.45, 2.75) is 4.90 Å². The van der Waals surface area contributed by atoms with Gasteiger partial charge in [0.1, 0.15) is 24.7 Å². The van der Waals surface area contributed by atoms with Crippen molar-refractivity contribution >= 4 is 17.4 Å². The molecule has 2 aromatic rings. The Morgan fingerprint density at radius 3 is 2.37 bits per heavy atom. The molecule has 19 heavy (non-hydrogen) atoms. The molecule has 100 valence electrons. The molecule has 0 aliphatic heterocycles.